The van der Waals surface area contributed by atoms with E-state index < -0.39 is 0 Å². The SMILES string of the molecule is CC(C)[C@H]1CN(c2nc(-c3ccc4[nH]nc(N)c4c3)nnc2N(Cc2ccccc2-c2ccccc2)Cc2ccccc2-c2ccccc2)CCN1. The fraction of sp³-hybridized carbons (Fsp3) is 0.209. The molecule has 1 fully saturated rings. The third-order valence-electron chi connectivity index (χ3n) is 10.0. The van der Waals surface area contributed by atoms with Gasteiger partial charge < -0.3 is 20.9 Å². The minimum atomic E-state index is 0.313. The number of nitrogens with two attached hydrogens (primary N) is 1. The van der Waals surface area contributed by atoms with Gasteiger partial charge in [-0.3, -0.25) is 5.10 Å². The molecular weight excluding hydrogens is 643 g/mol. The number of hydrogen-bond acceptors (Lipinski definition) is 8. The summed E-state index contributed by atoms with van der Waals surface area (Å²) in [5.74, 6) is 3.03. The molecule has 0 saturated carbocycles. The number of nitrogens with one attached hydrogen (secondary N) is 2. The molecule has 2 aromatic heterocycles. The van der Waals surface area contributed by atoms with Gasteiger partial charge in [0, 0.05) is 49.7 Å². The van der Waals surface area contributed by atoms with Gasteiger partial charge in [0.1, 0.15) is 0 Å². The van der Waals surface area contributed by atoms with Crippen LogP contribution in [0.5, 0.6) is 0 Å². The third-order valence-corrected chi connectivity index (χ3v) is 10.0. The van der Waals surface area contributed by atoms with Crippen LogP contribution < -0.4 is 20.9 Å². The van der Waals surface area contributed by atoms with Crippen LogP contribution in [-0.2, 0) is 13.1 Å². The highest BCUT2D eigenvalue weighted by Crippen LogP contribution is 2.35. The highest BCUT2D eigenvalue weighted by molar-refractivity contribution is 5.91. The van der Waals surface area contributed by atoms with Crippen molar-refractivity contribution in [1.82, 2.24) is 30.7 Å². The first-order valence-corrected chi connectivity index (χ1v) is 18.0. The Kier molecular flexibility index (Phi) is 9.33. The van der Waals surface area contributed by atoms with Crippen molar-refractivity contribution >= 4 is 28.4 Å². The van der Waals surface area contributed by atoms with Crippen molar-refractivity contribution in [3.63, 3.8) is 0 Å². The molecule has 1 aliphatic rings. The lowest BCUT2D eigenvalue weighted by molar-refractivity contribution is 0.367. The molecule has 52 heavy (non-hydrogen) atoms. The lowest BCUT2D eigenvalue weighted by Crippen LogP contribution is -2.53. The highest BCUT2D eigenvalue weighted by atomic mass is 15.4. The Morgan fingerprint density at radius 1 is 0.750 bits per heavy atom. The van der Waals surface area contributed by atoms with Crippen LogP contribution in [0.15, 0.2) is 127 Å². The number of piperazine rings is 1. The monoisotopic (exact) mass is 685 g/mol. The number of hydrogen-bond donors (Lipinski definition) is 3. The van der Waals surface area contributed by atoms with Crippen LogP contribution >= 0.6 is 0 Å². The lowest BCUT2D eigenvalue weighted by atomic mass is 9.97. The Labute approximate surface area is 304 Å². The van der Waals surface area contributed by atoms with Crippen LogP contribution in [0.2, 0.25) is 0 Å². The van der Waals surface area contributed by atoms with Gasteiger partial charge in [0.15, 0.2) is 23.3 Å². The van der Waals surface area contributed by atoms with Crippen LogP contribution in [-0.4, -0.2) is 51.1 Å². The molecule has 0 aliphatic carbocycles. The van der Waals surface area contributed by atoms with Crippen LogP contribution in [0.4, 0.5) is 17.5 Å². The average molecular weight is 686 g/mol. The van der Waals surface area contributed by atoms with E-state index in [1.165, 1.54) is 33.4 Å². The summed E-state index contributed by atoms with van der Waals surface area (Å²) in [6.07, 6.45) is 0. The van der Waals surface area contributed by atoms with E-state index in [4.69, 9.17) is 20.9 Å². The van der Waals surface area contributed by atoms with Crippen molar-refractivity contribution in [2.45, 2.75) is 33.0 Å². The van der Waals surface area contributed by atoms with Gasteiger partial charge >= 0.3 is 0 Å². The number of nitrogen functional groups attached to an aromatic ring is 1. The number of H-pyrrole nitrogens is 1. The Morgan fingerprint density at radius 2 is 1.37 bits per heavy atom. The van der Waals surface area contributed by atoms with E-state index in [9.17, 15) is 0 Å². The first-order valence-electron chi connectivity index (χ1n) is 18.0. The van der Waals surface area contributed by atoms with Gasteiger partial charge in [-0.2, -0.15) is 5.10 Å². The van der Waals surface area contributed by atoms with Gasteiger partial charge in [-0.05, 0) is 57.5 Å². The zero-order valence-electron chi connectivity index (χ0n) is 29.6. The van der Waals surface area contributed by atoms with Crippen molar-refractivity contribution in [3.05, 3.63) is 139 Å². The van der Waals surface area contributed by atoms with Gasteiger partial charge in [-0.15, -0.1) is 10.2 Å². The van der Waals surface area contributed by atoms with Crippen LogP contribution in [0.25, 0.3) is 44.5 Å². The quantitative estimate of drug-likeness (QED) is 0.133. The maximum absolute atomic E-state index is 6.21. The molecule has 0 unspecified atom stereocenters. The zero-order chi connectivity index (χ0) is 35.4. The maximum atomic E-state index is 6.21. The van der Waals surface area contributed by atoms with Crippen molar-refractivity contribution in [3.8, 4) is 33.6 Å². The Balaban J connectivity index is 1.28. The molecule has 1 aliphatic heterocycles. The van der Waals surface area contributed by atoms with Gasteiger partial charge in [0.05, 0.1) is 5.52 Å². The number of aromatic amines is 1. The first-order chi connectivity index (χ1) is 25.5. The van der Waals surface area contributed by atoms with E-state index >= 15 is 0 Å². The number of anilines is 3. The summed E-state index contributed by atoms with van der Waals surface area (Å²) >= 11 is 0. The number of nitrogens with zero attached hydrogens (tertiary/aromatic N) is 6. The zero-order valence-corrected chi connectivity index (χ0v) is 29.6. The van der Waals surface area contributed by atoms with Crippen LogP contribution in [0.1, 0.15) is 25.0 Å². The molecule has 9 heteroatoms. The molecule has 1 atom stereocenters. The molecular formula is C43H43N9. The molecule has 3 heterocycles. The maximum Gasteiger partial charge on any atom is 0.195 e. The van der Waals surface area contributed by atoms with Crippen molar-refractivity contribution in [2.24, 2.45) is 5.92 Å². The van der Waals surface area contributed by atoms with Crippen molar-refractivity contribution < 1.29 is 0 Å². The summed E-state index contributed by atoms with van der Waals surface area (Å²) in [7, 11) is 0. The van der Waals surface area contributed by atoms with Crippen molar-refractivity contribution in [2.75, 3.05) is 35.2 Å². The molecule has 0 amide bonds. The standard InChI is InChI=1S/C43H43N9/c1-29(2)39-28-51(24-23-45-39)42-43(50-49-41(46-42)32-21-22-38-37(25-32)40(44)48-47-38)52(26-33-17-9-11-19-35(33)30-13-5-3-6-14-30)27-34-18-10-12-20-36(34)31-15-7-4-8-16-31/h3-22,25,29,39,45H,23-24,26-28H2,1-2H3,(H3,44,47,48)/t39-/m1/s1. The van der Waals surface area contributed by atoms with Crippen LogP contribution in [0.3, 0.4) is 0 Å². The molecule has 4 N–H and O–H groups in total. The first kappa shape index (κ1) is 33.1. The average Bonchev–Trinajstić information content (AvgIpc) is 3.58. The molecule has 8 rings (SSSR count). The topological polar surface area (TPSA) is 112 Å². The van der Waals surface area contributed by atoms with Gasteiger partial charge in [-0.25, -0.2) is 4.98 Å². The molecule has 0 radical (unpaired) electrons. The summed E-state index contributed by atoms with van der Waals surface area (Å²) in [4.78, 5) is 10.1. The van der Waals surface area contributed by atoms with Crippen molar-refractivity contribution in [1.29, 1.82) is 0 Å². The molecule has 9 nitrogen and oxygen atoms in total. The summed E-state index contributed by atoms with van der Waals surface area (Å²) in [6, 6.07) is 44.8. The Hall–Kier alpha value is -6.06. The summed E-state index contributed by atoms with van der Waals surface area (Å²) in [6.45, 7) is 8.21. The minimum Gasteiger partial charge on any atom is -0.382 e. The van der Waals surface area contributed by atoms with Gasteiger partial charge in [-0.1, -0.05) is 123 Å². The fourth-order valence-electron chi connectivity index (χ4n) is 7.17. The molecule has 1 saturated heterocycles. The van der Waals surface area contributed by atoms with Crippen LogP contribution in [0, 0.1) is 5.92 Å². The minimum absolute atomic E-state index is 0.313. The van der Waals surface area contributed by atoms with E-state index in [1.807, 2.05) is 18.2 Å². The normalized spacial score (nSPS) is 14.6. The number of benzene rings is 5. The summed E-state index contributed by atoms with van der Waals surface area (Å²) in [5, 5.41) is 21.7. The molecule has 260 valence electrons. The Bertz CT molecular complexity index is 2200. The van der Waals surface area contributed by atoms with E-state index in [-0.39, 0.29) is 0 Å². The second-order valence-electron chi connectivity index (χ2n) is 13.8. The van der Waals surface area contributed by atoms with Gasteiger partial charge in [0.2, 0.25) is 0 Å². The van der Waals surface area contributed by atoms with Gasteiger partial charge in [0.25, 0.3) is 0 Å². The van der Waals surface area contributed by atoms with E-state index in [1.54, 1.807) is 0 Å². The smallest absolute Gasteiger partial charge is 0.195 e. The number of rotatable bonds is 10. The molecule has 0 spiro atoms. The molecule has 0 bridgehead atoms. The van der Waals surface area contributed by atoms with E-state index in [0.29, 0.717) is 36.7 Å². The predicted molar refractivity (Wildman–Crippen MR) is 212 cm³/mol. The summed E-state index contributed by atoms with van der Waals surface area (Å²) < 4.78 is 0. The summed E-state index contributed by atoms with van der Waals surface area (Å²) in [5.41, 5.74) is 15.1. The fourth-order valence-corrected chi connectivity index (χ4v) is 7.17. The third kappa shape index (κ3) is 6.83. The second kappa shape index (κ2) is 14.7. The highest BCUT2D eigenvalue weighted by Gasteiger charge is 2.29. The molecule has 5 aromatic carbocycles. The molecule has 7 aromatic rings. The number of fused-ring (bicyclic) bond motifs is 1. The predicted octanol–water partition coefficient (Wildman–Crippen LogP) is 7.97. The number of aromatic nitrogens is 5. The largest absolute Gasteiger partial charge is 0.382 e. The Morgan fingerprint density at radius 3 is 2.00 bits per heavy atom. The second-order valence-corrected chi connectivity index (χ2v) is 13.8. The van der Waals surface area contributed by atoms with E-state index in [2.05, 4.69) is 148 Å². The lowest BCUT2D eigenvalue weighted by Gasteiger charge is -2.38. The van der Waals surface area contributed by atoms with E-state index in [0.717, 1.165) is 47.7 Å².